The first-order valence-corrected chi connectivity index (χ1v) is 15.7. The molecule has 4 heteroatoms. The van der Waals surface area contributed by atoms with Gasteiger partial charge in [-0.05, 0) is 35.0 Å². The van der Waals surface area contributed by atoms with Crippen molar-refractivity contribution in [3.8, 4) is 17.2 Å². The molecule has 212 valence electrons. The van der Waals surface area contributed by atoms with Gasteiger partial charge in [-0.25, -0.2) is 9.97 Å². The Bertz CT molecular complexity index is 3020. The SMILES string of the molecule is c1ccc(-c2nc(-n3c4cccc5c6ccccc6n6c7ccccc7c7c8ccccc8c3c(c54)c76)nc3ccccc23)cc1. The van der Waals surface area contributed by atoms with Crippen LogP contribution in [0.4, 0.5) is 0 Å². The lowest BCUT2D eigenvalue weighted by Gasteiger charge is -2.13. The first-order chi connectivity index (χ1) is 22.9. The standard InChI is InChI=1S/C42H24N4/c1-2-13-25(14-3-1)39-30-18-6-9-21-32(30)43-42(44-39)46-35-24-12-20-27-26-15-7-10-22-33(26)45-34-23-11-8-19-31(34)36-28-16-4-5-17-29(28)40(46)38(37(27)35)41(36)45/h1-24H. The molecule has 0 amide bonds. The van der Waals surface area contributed by atoms with Gasteiger partial charge < -0.3 is 4.40 Å². The summed E-state index contributed by atoms with van der Waals surface area (Å²) in [5, 5.41) is 10.9. The Balaban J connectivity index is 1.47. The van der Waals surface area contributed by atoms with Gasteiger partial charge in [-0.2, -0.15) is 0 Å². The van der Waals surface area contributed by atoms with Crippen molar-refractivity contribution in [3.05, 3.63) is 146 Å². The summed E-state index contributed by atoms with van der Waals surface area (Å²) in [5.74, 6) is 0.677. The quantitative estimate of drug-likeness (QED) is 0.203. The molecule has 0 aliphatic rings. The first kappa shape index (κ1) is 24.1. The molecule has 0 bridgehead atoms. The minimum absolute atomic E-state index is 0.677. The first-order valence-electron chi connectivity index (χ1n) is 15.7. The predicted octanol–water partition coefficient (Wildman–Crippen LogP) is 10.7. The van der Waals surface area contributed by atoms with E-state index >= 15 is 0 Å². The van der Waals surface area contributed by atoms with Crippen LogP contribution < -0.4 is 0 Å². The zero-order chi connectivity index (χ0) is 29.9. The van der Waals surface area contributed by atoms with Crippen molar-refractivity contribution >= 4 is 81.6 Å². The summed E-state index contributed by atoms with van der Waals surface area (Å²) in [7, 11) is 0. The van der Waals surface area contributed by atoms with Gasteiger partial charge in [-0.15, -0.1) is 0 Å². The van der Waals surface area contributed by atoms with Gasteiger partial charge in [0.15, 0.2) is 0 Å². The Labute approximate surface area is 262 Å². The van der Waals surface area contributed by atoms with Crippen LogP contribution in [0.2, 0.25) is 0 Å². The fourth-order valence-electron chi connectivity index (χ4n) is 8.04. The molecule has 0 fully saturated rings. The summed E-state index contributed by atoms with van der Waals surface area (Å²) in [6.45, 7) is 0. The van der Waals surface area contributed by atoms with Crippen molar-refractivity contribution < 1.29 is 0 Å². The smallest absolute Gasteiger partial charge is 0.235 e. The summed E-state index contributed by atoms with van der Waals surface area (Å²) in [4.78, 5) is 10.7. The van der Waals surface area contributed by atoms with Crippen LogP contribution in [-0.4, -0.2) is 18.9 Å². The van der Waals surface area contributed by atoms with Crippen LogP contribution in [0.3, 0.4) is 0 Å². The van der Waals surface area contributed by atoms with E-state index in [-0.39, 0.29) is 0 Å². The summed E-state index contributed by atoms with van der Waals surface area (Å²) in [6, 6.07) is 52.0. The third kappa shape index (κ3) is 2.94. The van der Waals surface area contributed by atoms with Gasteiger partial charge in [0.25, 0.3) is 0 Å². The van der Waals surface area contributed by atoms with Crippen molar-refractivity contribution in [1.29, 1.82) is 0 Å². The maximum absolute atomic E-state index is 5.40. The molecule has 4 aromatic heterocycles. The van der Waals surface area contributed by atoms with Crippen LogP contribution in [0.5, 0.6) is 0 Å². The molecule has 0 radical (unpaired) electrons. The van der Waals surface area contributed by atoms with E-state index in [1.165, 1.54) is 59.6 Å². The monoisotopic (exact) mass is 584 g/mol. The highest BCUT2D eigenvalue weighted by Gasteiger charge is 2.27. The fourth-order valence-corrected chi connectivity index (χ4v) is 8.04. The average Bonchev–Trinajstić information content (AvgIpc) is 3.61. The Morgan fingerprint density at radius 2 is 0.957 bits per heavy atom. The van der Waals surface area contributed by atoms with E-state index in [2.05, 4.69) is 155 Å². The van der Waals surface area contributed by atoms with Crippen LogP contribution in [-0.2, 0) is 0 Å². The second-order valence-electron chi connectivity index (χ2n) is 12.2. The van der Waals surface area contributed by atoms with Crippen molar-refractivity contribution in [1.82, 2.24) is 18.9 Å². The van der Waals surface area contributed by atoms with Crippen LogP contribution in [0.25, 0.3) is 98.8 Å². The molecule has 4 nitrogen and oxygen atoms in total. The molecule has 4 heterocycles. The highest BCUT2D eigenvalue weighted by atomic mass is 15.2. The molecule has 0 N–H and O–H groups in total. The molecule has 11 rings (SSSR count). The van der Waals surface area contributed by atoms with Crippen LogP contribution in [0.15, 0.2) is 146 Å². The maximum atomic E-state index is 5.40. The van der Waals surface area contributed by atoms with Gasteiger partial charge >= 0.3 is 0 Å². The topological polar surface area (TPSA) is 35.1 Å². The number of hydrogen-bond acceptors (Lipinski definition) is 2. The molecule has 0 saturated heterocycles. The predicted molar refractivity (Wildman–Crippen MR) is 191 cm³/mol. The van der Waals surface area contributed by atoms with E-state index in [1.807, 2.05) is 0 Å². The highest BCUT2D eigenvalue weighted by molar-refractivity contribution is 6.40. The van der Waals surface area contributed by atoms with Gasteiger partial charge in [0, 0.05) is 43.3 Å². The van der Waals surface area contributed by atoms with Crippen molar-refractivity contribution in [2.75, 3.05) is 0 Å². The molecule has 0 atom stereocenters. The van der Waals surface area contributed by atoms with Crippen LogP contribution >= 0.6 is 0 Å². The lowest BCUT2D eigenvalue weighted by atomic mass is 9.98. The Morgan fingerprint density at radius 1 is 0.370 bits per heavy atom. The third-order valence-corrected chi connectivity index (χ3v) is 9.83. The molecule has 0 spiro atoms. The molecule has 46 heavy (non-hydrogen) atoms. The second-order valence-corrected chi connectivity index (χ2v) is 12.2. The molecule has 7 aromatic carbocycles. The number of rotatable bonds is 2. The Morgan fingerprint density at radius 3 is 1.78 bits per heavy atom. The molecule has 0 aliphatic carbocycles. The van der Waals surface area contributed by atoms with Gasteiger partial charge in [-0.3, -0.25) is 4.57 Å². The molecule has 0 aliphatic heterocycles. The van der Waals surface area contributed by atoms with Gasteiger partial charge in [0.05, 0.1) is 38.8 Å². The maximum Gasteiger partial charge on any atom is 0.235 e. The van der Waals surface area contributed by atoms with Crippen LogP contribution in [0, 0.1) is 0 Å². The number of benzene rings is 7. The van der Waals surface area contributed by atoms with Gasteiger partial charge in [-0.1, -0.05) is 121 Å². The van der Waals surface area contributed by atoms with Crippen molar-refractivity contribution in [3.63, 3.8) is 0 Å². The molecular formula is C42H24N4. The van der Waals surface area contributed by atoms with Gasteiger partial charge in [0.1, 0.15) is 0 Å². The minimum Gasteiger partial charge on any atom is -0.308 e. The molecule has 0 unspecified atom stereocenters. The highest BCUT2D eigenvalue weighted by Crippen LogP contribution is 2.48. The lowest BCUT2D eigenvalue weighted by molar-refractivity contribution is 1.02. The number of nitrogens with zero attached hydrogens (tertiary/aromatic N) is 4. The van der Waals surface area contributed by atoms with E-state index in [1.54, 1.807) is 0 Å². The Kier molecular flexibility index (Phi) is 4.55. The van der Waals surface area contributed by atoms with Gasteiger partial charge in [0.2, 0.25) is 5.95 Å². The average molecular weight is 585 g/mol. The molecule has 11 aromatic rings. The van der Waals surface area contributed by atoms with Crippen molar-refractivity contribution in [2.45, 2.75) is 0 Å². The summed E-state index contributed by atoms with van der Waals surface area (Å²) in [5.41, 5.74) is 8.83. The zero-order valence-corrected chi connectivity index (χ0v) is 24.6. The summed E-state index contributed by atoms with van der Waals surface area (Å²) in [6.07, 6.45) is 0. The number of para-hydroxylation sites is 3. The normalized spacial score (nSPS) is 12.3. The Hall–Kier alpha value is -6.26. The number of aromatic nitrogens is 4. The number of hydrogen-bond donors (Lipinski definition) is 0. The summed E-state index contributed by atoms with van der Waals surface area (Å²) < 4.78 is 4.82. The van der Waals surface area contributed by atoms with Crippen LogP contribution in [0.1, 0.15) is 0 Å². The lowest BCUT2D eigenvalue weighted by Crippen LogP contribution is -2.04. The second kappa shape index (κ2) is 8.68. The van der Waals surface area contributed by atoms with E-state index in [9.17, 15) is 0 Å². The van der Waals surface area contributed by atoms with E-state index in [0.717, 1.165) is 33.2 Å². The van der Waals surface area contributed by atoms with E-state index < -0.39 is 0 Å². The molecule has 0 saturated carbocycles. The summed E-state index contributed by atoms with van der Waals surface area (Å²) >= 11 is 0. The number of fused-ring (bicyclic) bond motifs is 10. The fraction of sp³-hybridized carbons (Fsp3) is 0. The zero-order valence-electron chi connectivity index (χ0n) is 24.6. The largest absolute Gasteiger partial charge is 0.308 e. The van der Waals surface area contributed by atoms with E-state index in [4.69, 9.17) is 9.97 Å². The van der Waals surface area contributed by atoms with E-state index in [0.29, 0.717) is 5.95 Å². The third-order valence-electron chi connectivity index (χ3n) is 9.83. The minimum atomic E-state index is 0.677. The molecular weight excluding hydrogens is 560 g/mol. The van der Waals surface area contributed by atoms with Crippen molar-refractivity contribution in [2.24, 2.45) is 0 Å².